The number of phenols is 1. The van der Waals surface area contributed by atoms with Crippen molar-refractivity contribution >= 4 is 16.9 Å². The highest BCUT2D eigenvalue weighted by molar-refractivity contribution is 7.15. The molecule has 0 spiro atoms. The van der Waals surface area contributed by atoms with E-state index in [1.165, 1.54) is 24.8 Å². The first-order valence-corrected chi connectivity index (χ1v) is 9.62. The van der Waals surface area contributed by atoms with Crippen LogP contribution in [0.5, 0.6) is 11.8 Å². The summed E-state index contributed by atoms with van der Waals surface area (Å²) in [6.45, 7) is 4.03. The number of phenolic OH excluding ortho intramolecular Hbond substituents is 1. The van der Waals surface area contributed by atoms with E-state index in [0.29, 0.717) is 39.0 Å². The van der Waals surface area contributed by atoms with Crippen LogP contribution in [0.15, 0.2) is 31.1 Å². The third-order valence-electron chi connectivity index (χ3n) is 4.80. The predicted molar refractivity (Wildman–Crippen MR) is 104 cm³/mol. The molecule has 7 nitrogen and oxygen atoms in total. The van der Waals surface area contributed by atoms with E-state index in [2.05, 4.69) is 31.7 Å². The molecule has 2 aromatic heterocycles. The fourth-order valence-electron chi connectivity index (χ4n) is 3.30. The van der Waals surface area contributed by atoms with Crippen LogP contribution < -0.4 is 4.74 Å². The second kappa shape index (κ2) is 7.59. The van der Waals surface area contributed by atoms with Crippen molar-refractivity contribution in [2.75, 3.05) is 7.11 Å². The SMILES string of the molecule is C=C(c1nnc(-c2ccc(-c3ncnc(OC)n3)cc2O)s1)[C@H]1CCC[C@H]1F. The summed E-state index contributed by atoms with van der Waals surface area (Å²) in [7, 11) is 1.47. The van der Waals surface area contributed by atoms with Crippen LogP contribution in [0.1, 0.15) is 24.3 Å². The topological polar surface area (TPSA) is 93.9 Å². The van der Waals surface area contributed by atoms with E-state index in [9.17, 15) is 9.50 Å². The maximum absolute atomic E-state index is 14.0. The fourth-order valence-corrected chi connectivity index (χ4v) is 4.21. The molecule has 0 radical (unpaired) electrons. The molecule has 2 atom stereocenters. The Morgan fingerprint density at radius 1 is 1.29 bits per heavy atom. The summed E-state index contributed by atoms with van der Waals surface area (Å²) in [5.41, 5.74) is 1.83. The molecule has 0 saturated heterocycles. The zero-order valence-electron chi connectivity index (χ0n) is 15.2. The van der Waals surface area contributed by atoms with Crippen LogP contribution in [0.25, 0.3) is 27.5 Å². The number of hydrogen-bond acceptors (Lipinski definition) is 8. The van der Waals surface area contributed by atoms with Crippen molar-refractivity contribution < 1.29 is 14.2 Å². The van der Waals surface area contributed by atoms with Crippen molar-refractivity contribution in [3.63, 3.8) is 0 Å². The van der Waals surface area contributed by atoms with Gasteiger partial charge in [-0.15, -0.1) is 10.2 Å². The molecule has 9 heteroatoms. The molecule has 3 aromatic rings. The van der Waals surface area contributed by atoms with Gasteiger partial charge in [-0.25, -0.2) is 9.37 Å². The average molecular weight is 399 g/mol. The standard InChI is InChI=1S/C19H18FN5O2S/c1-10(12-4-3-5-14(12)20)17-24-25-18(28-17)13-7-6-11(8-15(13)26)16-21-9-22-19(23-16)27-2/h6-9,12,14,26H,1,3-5H2,2H3/t12-,14-/m1/s1. The van der Waals surface area contributed by atoms with Gasteiger partial charge in [0, 0.05) is 11.5 Å². The number of rotatable bonds is 5. The van der Waals surface area contributed by atoms with Crippen LogP contribution in [0.3, 0.4) is 0 Å². The Morgan fingerprint density at radius 2 is 2.14 bits per heavy atom. The number of allylic oxidation sites excluding steroid dienone is 1. The lowest BCUT2D eigenvalue weighted by Crippen LogP contribution is -2.09. The molecule has 2 heterocycles. The van der Waals surface area contributed by atoms with E-state index in [-0.39, 0.29) is 17.7 Å². The summed E-state index contributed by atoms with van der Waals surface area (Å²) >= 11 is 1.30. The lowest BCUT2D eigenvalue weighted by atomic mass is 9.98. The Balaban J connectivity index is 1.60. The molecule has 144 valence electrons. The summed E-state index contributed by atoms with van der Waals surface area (Å²) in [6, 6.07) is 5.24. The highest BCUT2D eigenvalue weighted by Gasteiger charge is 2.31. The quantitative estimate of drug-likeness (QED) is 0.695. The van der Waals surface area contributed by atoms with Crippen molar-refractivity contribution in [3.05, 3.63) is 36.1 Å². The van der Waals surface area contributed by atoms with Gasteiger partial charge in [0.25, 0.3) is 0 Å². The van der Waals surface area contributed by atoms with Gasteiger partial charge in [0.15, 0.2) is 10.8 Å². The Kier molecular flexibility index (Phi) is 4.99. The zero-order valence-corrected chi connectivity index (χ0v) is 16.0. The molecule has 4 rings (SSSR count). The van der Waals surface area contributed by atoms with Crippen LogP contribution in [-0.2, 0) is 0 Å². The minimum absolute atomic E-state index is 0.0226. The Labute approximate surface area is 165 Å². The predicted octanol–water partition coefficient (Wildman–Crippen LogP) is 3.92. The number of hydrogen-bond donors (Lipinski definition) is 1. The van der Waals surface area contributed by atoms with Gasteiger partial charge in [0.1, 0.15) is 23.3 Å². The van der Waals surface area contributed by atoms with Gasteiger partial charge in [-0.05, 0) is 37.0 Å². The molecule has 1 aliphatic rings. The molecule has 1 N–H and O–H groups in total. The molecule has 1 aromatic carbocycles. The number of nitrogens with zero attached hydrogens (tertiary/aromatic N) is 5. The van der Waals surface area contributed by atoms with Gasteiger partial charge in [-0.2, -0.15) is 9.97 Å². The number of ether oxygens (including phenoxy) is 1. The molecule has 1 aliphatic carbocycles. The number of alkyl halides is 1. The van der Waals surface area contributed by atoms with E-state index in [0.717, 1.165) is 12.8 Å². The maximum atomic E-state index is 14.0. The Hall–Kier alpha value is -2.94. The molecule has 0 amide bonds. The highest BCUT2D eigenvalue weighted by Crippen LogP contribution is 2.41. The van der Waals surface area contributed by atoms with Crippen LogP contribution in [0.4, 0.5) is 4.39 Å². The summed E-state index contributed by atoms with van der Waals surface area (Å²) < 4.78 is 19.0. The van der Waals surface area contributed by atoms with Crippen molar-refractivity contribution in [1.82, 2.24) is 25.1 Å². The second-order valence-corrected chi connectivity index (χ2v) is 7.50. The van der Waals surface area contributed by atoms with Gasteiger partial charge in [0.2, 0.25) is 0 Å². The number of methoxy groups -OCH3 is 1. The Morgan fingerprint density at radius 3 is 2.86 bits per heavy atom. The van der Waals surface area contributed by atoms with E-state index in [4.69, 9.17) is 4.74 Å². The van der Waals surface area contributed by atoms with Crippen molar-refractivity contribution in [2.24, 2.45) is 5.92 Å². The van der Waals surface area contributed by atoms with Gasteiger partial charge in [-0.3, -0.25) is 0 Å². The molecule has 1 fully saturated rings. The average Bonchev–Trinajstić information content (AvgIpc) is 3.37. The molecular formula is C19H18FN5O2S. The lowest BCUT2D eigenvalue weighted by Gasteiger charge is -2.12. The van der Waals surface area contributed by atoms with Gasteiger partial charge >= 0.3 is 6.01 Å². The smallest absolute Gasteiger partial charge is 0.319 e. The Bertz CT molecular complexity index is 1030. The summed E-state index contributed by atoms with van der Waals surface area (Å²) in [4.78, 5) is 12.1. The van der Waals surface area contributed by atoms with Gasteiger partial charge in [0.05, 0.1) is 12.7 Å². The summed E-state index contributed by atoms with van der Waals surface area (Å²) in [6.07, 6.45) is 2.69. The number of benzene rings is 1. The van der Waals surface area contributed by atoms with Crippen LogP contribution >= 0.6 is 11.3 Å². The van der Waals surface area contributed by atoms with Crippen molar-refractivity contribution in [1.29, 1.82) is 0 Å². The molecule has 28 heavy (non-hydrogen) atoms. The fraction of sp³-hybridized carbons (Fsp3) is 0.316. The first kappa shape index (κ1) is 18.4. The first-order chi connectivity index (χ1) is 13.6. The van der Waals surface area contributed by atoms with E-state index < -0.39 is 6.17 Å². The maximum Gasteiger partial charge on any atom is 0.319 e. The third kappa shape index (κ3) is 3.45. The minimum atomic E-state index is -0.870. The first-order valence-electron chi connectivity index (χ1n) is 8.80. The molecule has 0 unspecified atom stereocenters. The summed E-state index contributed by atoms with van der Waals surface area (Å²) in [5.74, 6) is 0.209. The zero-order chi connectivity index (χ0) is 19.7. The van der Waals surface area contributed by atoms with Crippen molar-refractivity contribution in [2.45, 2.75) is 25.4 Å². The normalized spacial score (nSPS) is 18.9. The summed E-state index contributed by atoms with van der Waals surface area (Å²) in [5, 5.41) is 20.0. The van der Waals surface area contributed by atoms with E-state index in [1.807, 2.05) is 0 Å². The molecular weight excluding hydrogens is 381 g/mol. The monoisotopic (exact) mass is 399 g/mol. The number of halogens is 1. The molecule has 0 bridgehead atoms. The van der Waals surface area contributed by atoms with Crippen LogP contribution in [-0.4, -0.2) is 43.5 Å². The highest BCUT2D eigenvalue weighted by atomic mass is 32.1. The second-order valence-electron chi connectivity index (χ2n) is 6.52. The molecule has 0 aliphatic heterocycles. The van der Waals surface area contributed by atoms with E-state index in [1.54, 1.807) is 18.2 Å². The molecule has 1 saturated carbocycles. The minimum Gasteiger partial charge on any atom is -0.507 e. The largest absolute Gasteiger partial charge is 0.507 e. The van der Waals surface area contributed by atoms with Gasteiger partial charge < -0.3 is 9.84 Å². The third-order valence-corrected chi connectivity index (χ3v) is 5.83. The number of aromatic hydroxyl groups is 1. The lowest BCUT2D eigenvalue weighted by molar-refractivity contribution is 0.303. The van der Waals surface area contributed by atoms with Crippen LogP contribution in [0.2, 0.25) is 0 Å². The van der Waals surface area contributed by atoms with Crippen LogP contribution in [0, 0.1) is 5.92 Å². The number of aromatic nitrogens is 5. The van der Waals surface area contributed by atoms with Gasteiger partial charge in [-0.1, -0.05) is 24.0 Å². The van der Waals surface area contributed by atoms with Crippen molar-refractivity contribution in [3.8, 4) is 33.7 Å². The van der Waals surface area contributed by atoms with E-state index >= 15 is 0 Å².